The maximum atomic E-state index is 12.7. The zero-order chi connectivity index (χ0) is 28.1. The van der Waals surface area contributed by atoms with Crippen LogP contribution in [0.4, 0.5) is 10.6 Å². The minimum Gasteiger partial charge on any atom is -0.464 e. The molecule has 39 heavy (non-hydrogen) atoms. The molecule has 3 aromatic rings. The monoisotopic (exact) mass is 557 g/mol. The SMILES string of the molecule is CN(c1ncnc2c1ccn2[C@@H]1C[C@@H](COS(=O)(=O)N(C(=O)O)C(C)(C)C)[C@@H](O)C1)[C@H]1CCc2ccccc21. The summed E-state index contributed by atoms with van der Waals surface area (Å²) in [5.74, 6) is 0.345. The van der Waals surface area contributed by atoms with Gasteiger partial charge in [0.2, 0.25) is 0 Å². The molecule has 5 rings (SSSR count). The highest BCUT2D eigenvalue weighted by Crippen LogP contribution is 2.41. The number of aryl methyl sites for hydroxylation is 1. The Labute approximate surface area is 228 Å². The first kappa shape index (κ1) is 27.4. The maximum Gasteiger partial charge on any atom is 0.423 e. The number of carbonyl (C=O) groups is 1. The second-order valence-electron chi connectivity index (χ2n) is 11.4. The Morgan fingerprint density at radius 2 is 1.92 bits per heavy atom. The fourth-order valence-electron chi connectivity index (χ4n) is 6.04. The number of nitrogens with zero attached hydrogens (tertiary/aromatic N) is 5. The Kier molecular flexibility index (Phi) is 7.06. The summed E-state index contributed by atoms with van der Waals surface area (Å²) in [6.07, 6.45) is 3.94. The fourth-order valence-corrected chi connectivity index (χ4v) is 7.36. The molecule has 0 spiro atoms. The third-order valence-corrected chi connectivity index (χ3v) is 9.44. The molecule has 210 valence electrons. The number of rotatable bonds is 7. The molecule has 2 N–H and O–H groups in total. The van der Waals surface area contributed by atoms with E-state index in [1.807, 2.05) is 16.8 Å². The molecule has 0 aliphatic heterocycles. The number of anilines is 1. The van der Waals surface area contributed by atoms with E-state index < -0.39 is 34.0 Å². The van der Waals surface area contributed by atoms with Gasteiger partial charge in [-0.05, 0) is 63.6 Å². The molecule has 1 fully saturated rings. The molecule has 0 radical (unpaired) electrons. The molecule has 2 heterocycles. The van der Waals surface area contributed by atoms with Crippen LogP contribution in [0.15, 0.2) is 42.9 Å². The van der Waals surface area contributed by atoms with Crippen molar-refractivity contribution in [2.24, 2.45) is 5.92 Å². The highest BCUT2D eigenvalue weighted by Gasteiger charge is 2.41. The van der Waals surface area contributed by atoms with Crippen molar-refractivity contribution in [1.82, 2.24) is 18.8 Å². The molecule has 1 aromatic carbocycles. The summed E-state index contributed by atoms with van der Waals surface area (Å²) in [4.78, 5) is 23.0. The van der Waals surface area contributed by atoms with Gasteiger partial charge in [-0.25, -0.2) is 14.8 Å². The van der Waals surface area contributed by atoms with Gasteiger partial charge in [0.1, 0.15) is 17.8 Å². The number of aromatic nitrogens is 3. The summed E-state index contributed by atoms with van der Waals surface area (Å²) in [6, 6.07) is 10.6. The van der Waals surface area contributed by atoms with E-state index in [0.717, 1.165) is 29.7 Å². The molecular weight excluding hydrogens is 522 g/mol. The molecule has 0 unspecified atom stereocenters. The highest BCUT2D eigenvalue weighted by atomic mass is 32.2. The number of benzene rings is 1. The summed E-state index contributed by atoms with van der Waals surface area (Å²) in [5.41, 5.74) is 2.21. The van der Waals surface area contributed by atoms with Gasteiger partial charge in [-0.2, -0.15) is 12.7 Å². The van der Waals surface area contributed by atoms with Crippen molar-refractivity contribution in [3.05, 3.63) is 54.0 Å². The van der Waals surface area contributed by atoms with Crippen LogP contribution in [-0.2, 0) is 20.9 Å². The number of hydrogen-bond acceptors (Lipinski definition) is 8. The van der Waals surface area contributed by atoms with E-state index in [1.165, 1.54) is 31.9 Å². The first-order chi connectivity index (χ1) is 18.4. The van der Waals surface area contributed by atoms with Crippen molar-refractivity contribution < 1.29 is 27.6 Å². The number of amides is 1. The Bertz CT molecular complexity index is 1480. The van der Waals surface area contributed by atoms with E-state index in [9.17, 15) is 23.4 Å². The lowest BCUT2D eigenvalue weighted by Crippen LogP contribution is -2.49. The van der Waals surface area contributed by atoms with E-state index >= 15 is 0 Å². The average Bonchev–Trinajstić information content (AvgIpc) is 3.57. The van der Waals surface area contributed by atoms with Crippen LogP contribution in [0.25, 0.3) is 11.0 Å². The maximum absolute atomic E-state index is 12.7. The van der Waals surface area contributed by atoms with Crippen molar-refractivity contribution in [1.29, 1.82) is 0 Å². The van der Waals surface area contributed by atoms with E-state index in [1.54, 1.807) is 6.33 Å². The number of carboxylic acid groups (broad SMARTS) is 1. The first-order valence-corrected chi connectivity index (χ1v) is 14.5. The molecule has 0 saturated heterocycles. The van der Waals surface area contributed by atoms with Gasteiger partial charge in [-0.15, -0.1) is 0 Å². The minimum absolute atomic E-state index is 0.132. The van der Waals surface area contributed by atoms with Gasteiger partial charge in [0.15, 0.2) is 0 Å². The Balaban J connectivity index is 1.33. The van der Waals surface area contributed by atoms with Crippen LogP contribution in [0.5, 0.6) is 0 Å². The molecule has 2 aliphatic carbocycles. The standard InChI is InChI=1S/C27H35N5O6S/c1-27(2,3)32(26(34)35)39(36,37)38-15-18-13-19(14-23(18)33)31-12-11-21-24(28-16-29-25(21)31)30(4)22-10-9-17-7-5-6-8-20(17)22/h5-8,11-12,16,18-19,22-23,33H,9-10,13-15H2,1-4H3,(H,34,35)/t18-,19+,22-,23-/m0/s1. The van der Waals surface area contributed by atoms with Gasteiger partial charge in [-0.3, -0.25) is 4.18 Å². The van der Waals surface area contributed by atoms with Gasteiger partial charge in [-0.1, -0.05) is 24.3 Å². The molecule has 11 nitrogen and oxygen atoms in total. The largest absolute Gasteiger partial charge is 0.464 e. The van der Waals surface area contributed by atoms with Crippen molar-refractivity contribution in [3.63, 3.8) is 0 Å². The zero-order valence-corrected chi connectivity index (χ0v) is 23.4. The van der Waals surface area contributed by atoms with Crippen LogP contribution < -0.4 is 4.90 Å². The predicted octanol–water partition coefficient (Wildman–Crippen LogP) is 3.91. The molecule has 4 atom stereocenters. The number of aliphatic hydroxyl groups excluding tert-OH is 1. The van der Waals surface area contributed by atoms with Gasteiger partial charge in [0.05, 0.1) is 29.7 Å². The average molecular weight is 558 g/mol. The minimum atomic E-state index is -4.55. The lowest BCUT2D eigenvalue weighted by atomic mass is 10.1. The van der Waals surface area contributed by atoms with Gasteiger partial charge in [0, 0.05) is 25.2 Å². The van der Waals surface area contributed by atoms with Crippen LogP contribution in [0, 0.1) is 5.92 Å². The lowest BCUT2D eigenvalue weighted by molar-refractivity contribution is 0.0917. The number of fused-ring (bicyclic) bond motifs is 2. The third-order valence-electron chi connectivity index (χ3n) is 7.85. The van der Waals surface area contributed by atoms with Crippen molar-refractivity contribution in [2.45, 2.75) is 70.2 Å². The molecule has 2 aromatic heterocycles. The second kappa shape index (κ2) is 10.1. The third kappa shape index (κ3) is 5.08. The van der Waals surface area contributed by atoms with Gasteiger partial charge in [0.25, 0.3) is 0 Å². The van der Waals surface area contributed by atoms with E-state index in [2.05, 4.69) is 46.2 Å². The number of hydrogen-bond donors (Lipinski definition) is 2. The Hall–Kier alpha value is -3.22. The molecule has 2 aliphatic rings. The zero-order valence-electron chi connectivity index (χ0n) is 22.6. The molecule has 1 saturated carbocycles. The Morgan fingerprint density at radius 3 is 2.64 bits per heavy atom. The Morgan fingerprint density at radius 1 is 1.18 bits per heavy atom. The fraction of sp³-hybridized carbons (Fsp3) is 0.519. The molecule has 0 bridgehead atoms. The van der Waals surface area contributed by atoms with E-state index in [4.69, 9.17) is 4.18 Å². The molecule has 12 heteroatoms. The molecule has 1 amide bonds. The van der Waals surface area contributed by atoms with E-state index in [0.29, 0.717) is 17.1 Å². The summed E-state index contributed by atoms with van der Waals surface area (Å²) < 4.78 is 32.8. The van der Waals surface area contributed by atoms with Crippen molar-refractivity contribution in [2.75, 3.05) is 18.6 Å². The van der Waals surface area contributed by atoms with Crippen LogP contribution in [-0.4, -0.2) is 68.9 Å². The summed E-state index contributed by atoms with van der Waals surface area (Å²) in [6.45, 7) is 4.10. The second-order valence-corrected chi connectivity index (χ2v) is 12.9. The van der Waals surface area contributed by atoms with Crippen molar-refractivity contribution >= 4 is 33.2 Å². The first-order valence-electron chi connectivity index (χ1n) is 13.1. The summed E-state index contributed by atoms with van der Waals surface area (Å²) >= 11 is 0. The molecular formula is C27H35N5O6S. The van der Waals surface area contributed by atoms with Gasteiger partial charge < -0.3 is 19.7 Å². The number of aliphatic hydroxyl groups is 1. The van der Waals surface area contributed by atoms with Crippen LogP contribution in [0.3, 0.4) is 0 Å². The van der Waals surface area contributed by atoms with Crippen LogP contribution in [0.2, 0.25) is 0 Å². The van der Waals surface area contributed by atoms with Gasteiger partial charge >= 0.3 is 16.4 Å². The highest BCUT2D eigenvalue weighted by molar-refractivity contribution is 7.84. The quantitative estimate of drug-likeness (QED) is 0.443. The van der Waals surface area contributed by atoms with E-state index in [-0.39, 0.29) is 18.7 Å². The smallest absolute Gasteiger partial charge is 0.423 e. The lowest BCUT2D eigenvalue weighted by Gasteiger charge is -2.31. The predicted molar refractivity (Wildman–Crippen MR) is 146 cm³/mol. The summed E-state index contributed by atoms with van der Waals surface area (Å²) in [5, 5.41) is 21.1. The normalized spacial score (nSPS) is 23.2. The van der Waals surface area contributed by atoms with Crippen molar-refractivity contribution in [3.8, 4) is 0 Å². The topological polar surface area (TPSA) is 138 Å². The van der Waals surface area contributed by atoms with Crippen LogP contribution in [0.1, 0.15) is 63.2 Å². The summed E-state index contributed by atoms with van der Waals surface area (Å²) in [7, 11) is -2.50. The van der Waals surface area contributed by atoms with Crippen LogP contribution >= 0.6 is 0 Å².